The number of carbonyl (C=O) groups is 1. The van der Waals surface area contributed by atoms with Gasteiger partial charge in [-0.1, -0.05) is 301 Å². The molecule has 0 saturated carbocycles. The number of hydrogen-bond acceptors (Lipinski definition) is 5. The Morgan fingerprint density at radius 1 is 0.338 bits per heavy atom. The van der Waals surface area contributed by atoms with Gasteiger partial charge in [0.05, 0.1) is 18.8 Å². The molecule has 0 aromatic carbocycles. The Hall–Kier alpha value is -1.47. The van der Waals surface area contributed by atoms with Crippen LogP contribution in [0.25, 0.3) is 0 Å². The molecular formula is C65H125NO5. The van der Waals surface area contributed by atoms with Crippen LogP contribution < -0.4 is 5.32 Å². The second-order valence-corrected chi connectivity index (χ2v) is 22.1. The number of aliphatic hydroxyl groups is 4. The Balaban J connectivity index is 3.62. The van der Waals surface area contributed by atoms with Gasteiger partial charge in [-0.3, -0.25) is 4.79 Å². The minimum absolute atomic E-state index is 0.362. The van der Waals surface area contributed by atoms with Gasteiger partial charge in [0.2, 0.25) is 5.91 Å². The molecule has 0 heterocycles. The van der Waals surface area contributed by atoms with Crippen molar-refractivity contribution in [2.45, 2.75) is 366 Å². The first-order valence-corrected chi connectivity index (χ1v) is 31.9. The molecule has 0 radical (unpaired) electrons. The third kappa shape index (κ3) is 53.2. The third-order valence-electron chi connectivity index (χ3n) is 15.1. The Morgan fingerprint density at radius 3 is 0.887 bits per heavy atom. The van der Waals surface area contributed by atoms with Crippen LogP contribution in [0.5, 0.6) is 0 Å². The predicted octanol–water partition coefficient (Wildman–Crippen LogP) is 19.1. The van der Waals surface area contributed by atoms with Gasteiger partial charge in [-0.05, 0) is 77.0 Å². The molecule has 0 rings (SSSR count). The number of allylic oxidation sites excluding steroid dienone is 6. The SMILES string of the molecule is CCCCCCCCCCCCCC/C=C\CCCCCCCCCCCCCCCCC(O)C(=O)NC(CO)C(O)C(O)CCC/C=C/CC/C=C/CCCCCCCCCCCCCCCCCC. The number of unbranched alkanes of at least 4 members (excludes halogenated alkanes) is 44. The number of hydrogen-bond donors (Lipinski definition) is 5. The first kappa shape index (κ1) is 69.5. The molecule has 0 bridgehead atoms. The summed E-state index contributed by atoms with van der Waals surface area (Å²) in [6.07, 6.45) is 75.3. The molecule has 1 amide bonds. The van der Waals surface area contributed by atoms with Gasteiger partial charge in [0, 0.05) is 0 Å². The van der Waals surface area contributed by atoms with Crippen molar-refractivity contribution in [2.24, 2.45) is 0 Å². The Labute approximate surface area is 443 Å². The van der Waals surface area contributed by atoms with Crippen LogP contribution >= 0.6 is 0 Å². The molecule has 0 aromatic heterocycles. The normalized spacial score (nSPS) is 13.8. The van der Waals surface area contributed by atoms with Crippen molar-refractivity contribution >= 4 is 5.91 Å². The fraction of sp³-hybridized carbons (Fsp3) is 0.892. The number of amides is 1. The molecule has 0 aromatic rings. The standard InChI is InChI=1S/C65H125NO5/c1-3-5-7-9-11-13-15-17-19-21-23-25-27-29-30-31-32-33-35-37-39-41-43-45-47-49-51-53-55-57-59-63(69)65(71)66-61(60-67)64(70)62(68)58-56-54-52-50-48-46-44-42-40-38-36-34-28-26-24-22-20-18-16-14-12-10-8-6-4-2/h29-30,42,44,50,52,61-64,67-70H,3-28,31-41,43,45-49,51,53-60H2,1-2H3,(H,66,71)/b30-29-,44-42+,52-50+. The molecule has 71 heavy (non-hydrogen) atoms. The average Bonchev–Trinajstić information content (AvgIpc) is 3.38. The zero-order valence-electron chi connectivity index (χ0n) is 47.7. The zero-order valence-corrected chi connectivity index (χ0v) is 47.7. The third-order valence-corrected chi connectivity index (χ3v) is 15.1. The van der Waals surface area contributed by atoms with Crippen LogP contribution in [0.2, 0.25) is 0 Å². The fourth-order valence-corrected chi connectivity index (χ4v) is 10.1. The highest BCUT2D eigenvalue weighted by Crippen LogP contribution is 2.18. The van der Waals surface area contributed by atoms with Crippen molar-refractivity contribution in [1.82, 2.24) is 5.32 Å². The monoisotopic (exact) mass is 1000 g/mol. The summed E-state index contributed by atoms with van der Waals surface area (Å²) >= 11 is 0. The van der Waals surface area contributed by atoms with E-state index < -0.39 is 36.9 Å². The van der Waals surface area contributed by atoms with Crippen LogP contribution in [0.15, 0.2) is 36.5 Å². The first-order valence-electron chi connectivity index (χ1n) is 31.9. The maximum atomic E-state index is 12.6. The molecular weight excluding hydrogens is 875 g/mol. The van der Waals surface area contributed by atoms with Crippen molar-refractivity contribution in [3.05, 3.63) is 36.5 Å². The van der Waals surface area contributed by atoms with Gasteiger partial charge >= 0.3 is 0 Å². The van der Waals surface area contributed by atoms with Gasteiger partial charge in [0.25, 0.3) is 0 Å². The van der Waals surface area contributed by atoms with E-state index in [-0.39, 0.29) is 0 Å². The summed E-state index contributed by atoms with van der Waals surface area (Å²) in [5, 5.41) is 44.1. The molecule has 6 heteroatoms. The van der Waals surface area contributed by atoms with E-state index >= 15 is 0 Å². The quantitative estimate of drug-likeness (QED) is 0.0308. The molecule has 0 aliphatic rings. The van der Waals surface area contributed by atoms with Crippen molar-refractivity contribution in [3.8, 4) is 0 Å². The zero-order chi connectivity index (χ0) is 51.6. The van der Waals surface area contributed by atoms with Gasteiger partial charge in [0.15, 0.2) is 0 Å². The lowest BCUT2D eigenvalue weighted by atomic mass is 10.00. The Bertz CT molecular complexity index is 1120. The van der Waals surface area contributed by atoms with E-state index in [1.807, 2.05) is 0 Å². The van der Waals surface area contributed by atoms with E-state index in [9.17, 15) is 25.2 Å². The molecule has 0 fully saturated rings. The minimum Gasteiger partial charge on any atom is -0.394 e. The maximum Gasteiger partial charge on any atom is 0.249 e. The van der Waals surface area contributed by atoms with Crippen LogP contribution in [-0.4, -0.2) is 57.3 Å². The van der Waals surface area contributed by atoms with Gasteiger partial charge in [-0.15, -0.1) is 0 Å². The smallest absolute Gasteiger partial charge is 0.249 e. The largest absolute Gasteiger partial charge is 0.394 e. The highest BCUT2D eigenvalue weighted by atomic mass is 16.3. The lowest BCUT2D eigenvalue weighted by molar-refractivity contribution is -0.132. The highest BCUT2D eigenvalue weighted by molar-refractivity contribution is 5.80. The molecule has 0 saturated heterocycles. The summed E-state index contributed by atoms with van der Waals surface area (Å²) in [5.74, 6) is -0.593. The van der Waals surface area contributed by atoms with Crippen LogP contribution in [0, 0.1) is 0 Å². The molecule has 0 aliphatic carbocycles. The van der Waals surface area contributed by atoms with Crippen molar-refractivity contribution in [2.75, 3.05) is 6.61 Å². The summed E-state index contributed by atoms with van der Waals surface area (Å²) < 4.78 is 0. The Morgan fingerprint density at radius 2 is 0.592 bits per heavy atom. The second-order valence-electron chi connectivity index (χ2n) is 22.1. The van der Waals surface area contributed by atoms with E-state index in [1.165, 1.54) is 270 Å². The summed E-state index contributed by atoms with van der Waals surface area (Å²) in [4.78, 5) is 12.6. The average molecular weight is 1000 g/mol. The van der Waals surface area contributed by atoms with Gasteiger partial charge in [0.1, 0.15) is 12.2 Å². The van der Waals surface area contributed by atoms with Crippen LogP contribution in [0.1, 0.15) is 341 Å². The number of carbonyl (C=O) groups excluding carboxylic acids is 1. The summed E-state index contributed by atoms with van der Waals surface area (Å²) in [5.41, 5.74) is 0. The topological polar surface area (TPSA) is 110 Å². The maximum absolute atomic E-state index is 12.6. The molecule has 4 unspecified atom stereocenters. The van der Waals surface area contributed by atoms with Crippen molar-refractivity contribution < 1.29 is 25.2 Å². The van der Waals surface area contributed by atoms with E-state index in [4.69, 9.17) is 0 Å². The van der Waals surface area contributed by atoms with E-state index in [0.717, 1.165) is 38.5 Å². The highest BCUT2D eigenvalue weighted by Gasteiger charge is 2.28. The number of rotatable bonds is 59. The molecule has 0 aliphatic heterocycles. The summed E-state index contributed by atoms with van der Waals surface area (Å²) in [6.45, 7) is 4.08. The van der Waals surface area contributed by atoms with Crippen LogP contribution in [0.4, 0.5) is 0 Å². The number of aliphatic hydroxyl groups excluding tert-OH is 4. The molecule has 5 N–H and O–H groups in total. The lowest BCUT2D eigenvalue weighted by Crippen LogP contribution is -2.53. The van der Waals surface area contributed by atoms with Gasteiger partial charge in [-0.25, -0.2) is 0 Å². The van der Waals surface area contributed by atoms with E-state index in [0.29, 0.717) is 19.3 Å². The van der Waals surface area contributed by atoms with Gasteiger partial charge < -0.3 is 25.7 Å². The molecule has 0 spiro atoms. The molecule has 4 atom stereocenters. The predicted molar refractivity (Wildman–Crippen MR) is 311 cm³/mol. The van der Waals surface area contributed by atoms with Crippen LogP contribution in [-0.2, 0) is 4.79 Å². The Kier molecular flexibility index (Phi) is 58.2. The lowest BCUT2D eigenvalue weighted by Gasteiger charge is -2.27. The fourth-order valence-electron chi connectivity index (χ4n) is 10.1. The van der Waals surface area contributed by atoms with Crippen molar-refractivity contribution in [1.29, 1.82) is 0 Å². The van der Waals surface area contributed by atoms with Crippen LogP contribution in [0.3, 0.4) is 0 Å². The van der Waals surface area contributed by atoms with Gasteiger partial charge in [-0.2, -0.15) is 0 Å². The molecule has 6 nitrogen and oxygen atoms in total. The minimum atomic E-state index is -1.29. The summed E-state index contributed by atoms with van der Waals surface area (Å²) in [7, 11) is 0. The van der Waals surface area contributed by atoms with E-state index in [1.54, 1.807) is 0 Å². The summed E-state index contributed by atoms with van der Waals surface area (Å²) in [6, 6.07) is -1.01. The van der Waals surface area contributed by atoms with E-state index in [2.05, 4.69) is 55.6 Å². The first-order chi connectivity index (χ1) is 35.0. The molecule has 420 valence electrons. The second kappa shape index (κ2) is 59.4. The number of nitrogens with one attached hydrogen (secondary N) is 1. The van der Waals surface area contributed by atoms with Crippen molar-refractivity contribution in [3.63, 3.8) is 0 Å².